The second-order valence-electron chi connectivity index (χ2n) is 7.78. The largest absolute Gasteiger partial charge is 0.466 e. The van der Waals surface area contributed by atoms with Crippen LogP contribution in [0, 0.1) is 0 Å². The zero-order valence-electron chi connectivity index (χ0n) is 17.9. The van der Waals surface area contributed by atoms with E-state index in [1.807, 2.05) is 20.8 Å². The molecule has 29 heavy (non-hydrogen) atoms. The minimum atomic E-state index is -0.599. The van der Waals surface area contributed by atoms with E-state index in [0.29, 0.717) is 43.8 Å². The first-order valence-corrected chi connectivity index (χ1v) is 10.1. The van der Waals surface area contributed by atoms with Crippen LogP contribution in [0.1, 0.15) is 69.2 Å². The topological polar surface area (TPSA) is 100.0 Å². The Labute approximate surface area is 171 Å². The standard InChI is InChI=1S/C20H31N3O6/c1-6-27-16(24)9-8-11-23-17(18(25)28-7-2)14-13-22(12-10-15(14)21-23)19(26)29-20(3,4)5/h6-13H2,1-5H3. The monoisotopic (exact) mass is 409 g/mol. The zero-order chi connectivity index (χ0) is 21.6. The molecule has 0 bridgehead atoms. The average Bonchev–Trinajstić information content (AvgIpc) is 2.98. The third-order valence-corrected chi connectivity index (χ3v) is 4.28. The number of amides is 1. The van der Waals surface area contributed by atoms with E-state index in [9.17, 15) is 14.4 Å². The molecule has 9 nitrogen and oxygen atoms in total. The van der Waals surface area contributed by atoms with Gasteiger partial charge in [-0.3, -0.25) is 9.48 Å². The summed E-state index contributed by atoms with van der Waals surface area (Å²) in [5, 5.41) is 4.55. The SMILES string of the molecule is CCOC(=O)CCCn1nc2c(c1C(=O)OCC)CN(C(=O)OC(C)(C)C)CC2. The molecule has 1 aliphatic heterocycles. The second-order valence-corrected chi connectivity index (χ2v) is 7.78. The second kappa shape index (κ2) is 9.76. The van der Waals surface area contributed by atoms with Gasteiger partial charge in [-0.2, -0.15) is 5.10 Å². The lowest BCUT2D eigenvalue weighted by atomic mass is 10.1. The minimum absolute atomic E-state index is 0.232. The first kappa shape index (κ1) is 22.7. The van der Waals surface area contributed by atoms with Gasteiger partial charge in [-0.25, -0.2) is 9.59 Å². The van der Waals surface area contributed by atoms with Crippen molar-refractivity contribution >= 4 is 18.0 Å². The first-order valence-electron chi connectivity index (χ1n) is 10.1. The molecular weight excluding hydrogens is 378 g/mol. The van der Waals surface area contributed by atoms with Crippen molar-refractivity contribution in [3.8, 4) is 0 Å². The fourth-order valence-electron chi connectivity index (χ4n) is 3.10. The molecule has 0 unspecified atom stereocenters. The summed E-state index contributed by atoms with van der Waals surface area (Å²) in [5.41, 5.74) is 1.18. The number of nitrogens with zero attached hydrogens (tertiary/aromatic N) is 3. The van der Waals surface area contributed by atoms with Gasteiger partial charge < -0.3 is 19.1 Å². The van der Waals surface area contributed by atoms with Crippen LogP contribution in [0.2, 0.25) is 0 Å². The van der Waals surface area contributed by atoms with Crippen molar-refractivity contribution in [3.63, 3.8) is 0 Å². The average molecular weight is 409 g/mol. The van der Waals surface area contributed by atoms with Crippen LogP contribution in [0.4, 0.5) is 4.79 Å². The Kier molecular flexibility index (Phi) is 7.64. The van der Waals surface area contributed by atoms with Crippen LogP contribution in [0.15, 0.2) is 0 Å². The van der Waals surface area contributed by atoms with Gasteiger partial charge in [0.05, 0.1) is 25.5 Å². The van der Waals surface area contributed by atoms with E-state index in [1.165, 1.54) is 0 Å². The molecular formula is C20H31N3O6. The summed E-state index contributed by atoms with van der Waals surface area (Å²) in [5.74, 6) is -0.762. The van der Waals surface area contributed by atoms with Crippen LogP contribution in [-0.4, -0.2) is 58.1 Å². The molecule has 0 spiro atoms. The predicted octanol–water partition coefficient (Wildman–Crippen LogP) is 2.70. The molecule has 2 rings (SSSR count). The number of fused-ring (bicyclic) bond motifs is 1. The Morgan fingerprint density at radius 1 is 1.10 bits per heavy atom. The van der Waals surface area contributed by atoms with E-state index in [1.54, 1.807) is 23.4 Å². The van der Waals surface area contributed by atoms with Gasteiger partial charge in [-0.05, 0) is 41.0 Å². The summed E-state index contributed by atoms with van der Waals surface area (Å²) in [7, 11) is 0. The molecule has 0 N–H and O–H groups in total. The molecule has 0 saturated heterocycles. The summed E-state index contributed by atoms with van der Waals surface area (Å²) >= 11 is 0. The normalized spacial score (nSPS) is 13.6. The molecule has 2 heterocycles. The van der Waals surface area contributed by atoms with E-state index in [0.717, 1.165) is 5.69 Å². The van der Waals surface area contributed by atoms with Gasteiger partial charge in [0.1, 0.15) is 5.60 Å². The van der Waals surface area contributed by atoms with Gasteiger partial charge in [-0.1, -0.05) is 0 Å². The van der Waals surface area contributed by atoms with Crippen molar-refractivity contribution < 1.29 is 28.6 Å². The lowest BCUT2D eigenvalue weighted by Gasteiger charge is -2.29. The number of ether oxygens (including phenoxy) is 3. The van der Waals surface area contributed by atoms with E-state index < -0.39 is 17.7 Å². The number of aromatic nitrogens is 2. The molecule has 0 aromatic carbocycles. The number of rotatable bonds is 7. The summed E-state index contributed by atoms with van der Waals surface area (Å²) in [6.07, 6.45) is 0.825. The van der Waals surface area contributed by atoms with Crippen LogP contribution in [-0.2, 0) is 38.5 Å². The van der Waals surface area contributed by atoms with Gasteiger partial charge in [0, 0.05) is 31.5 Å². The van der Waals surface area contributed by atoms with Crippen LogP contribution in [0.5, 0.6) is 0 Å². The highest BCUT2D eigenvalue weighted by Gasteiger charge is 2.32. The quantitative estimate of drug-likeness (QED) is 0.504. The third kappa shape index (κ3) is 6.20. The summed E-state index contributed by atoms with van der Waals surface area (Å²) < 4.78 is 17.2. The summed E-state index contributed by atoms with van der Waals surface area (Å²) in [6, 6.07) is 0. The zero-order valence-corrected chi connectivity index (χ0v) is 17.9. The lowest BCUT2D eigenvalue weighted by Crippen LogP contribution is -2.40. The van der Waals surface area contributed by atoms with E-state index in [4.69, 9.17) is 14.2 Å². The van der Waals surface area contributed by atoms with Gasteiger partial charge in [0.15, 0.2) is 5.69 Å². The van der Waals surface area contributed by atoms with Crippen LogP contribution < -0.4 is 0 Å². The molecule has 0 saturated carbocycles. The van der Waals surface area contributed by atoms with E-state index in [2.05, 4.69) is 5.10 Å². The Bertz CT molecular complexity index is 750. The van der Waals surface area contributed by atoms with Crippen LogP contribution >= 0.6 is 0 Å². The van der Waals surface area contributed by atoms with Crippen molar-refractivity contribution in [1.82, 2.24) is 14.7 Å². The minimum Gasteiger partial charge on any atom is -0.466 e. The maximum absolute atomic E-state index is 12.6. The number of hydrogen-bond donors (Lipinski definition) is 0. The Hall–Kier alpha value is -2.58. The maximum Gasteiger partial charge on any atom is 0.410 e. The highest BCUT2D eigenvalue weighted by atomic mass is 16.6. The number of carbonyl (C=O) groups excluding carboxylic acids is 3. The van der Waals surface area contributed by atoms with Crippen molar-refractivity contribution in [1.29, 1.82) is 0 Å². The predicted molar refractivity (Wildman–Crippen MR) is 104 cm³/mol. The van der Waals surface area contributed by atoms with Gasteiger partial charge >= 0.3 is 18.0 Å². The van der Waals surface area contributed by atoms with Crippen molar-refractivity contribution in [2.24, 2.45) is 0 Å². The number of carbonyl (C=O) groups is 3. The Morgan fingerprint density at radius 3 is 2.41 bits per heavy atom. The van der Waals surface area contributed by atoms with E-state index >= 15 is 0 Å². The third-order valence-electron chi connectivity index (χ3n) is 4.28. The molecule has 1 aliphatic rings. The van der Waals surface area contributed by atoms with E-state index in [-0.39, 0.29) is 25.5 Å². The van der Waals surface area contributed by atoms with Gasteiger partial charge in [0.2, 0.25) is 0 Å². The summed E-state index contributed by atoms with van der Waals surface area (Å²) in [6.45, 7) is 10.6. The molecule has 1 aromatic heterocycles. The van der Waals surface area contributed by atoms with Crippen molar-refractivity contribution in [2.75, 3.05) is 19.8 Å². The molecule has 0 aliphatic carbocycles. The van der Waals surface area contributed by atoms with Crippen molar-refractivity contribution in [2.45, 2.75) is 72.6 Å². The highest BCUT2D eigenvalue weighted by molar-refractivity contribution is 5.90. The Morgan fingerprint density at radius 2 is 1.79 bits per heavy atom. The molecule has 1 amide bonds. The fourth-order valence-corrected chi connectivity index (χ4v) is 3.10. The highest BCUT2D eigenvalue weighted by Crippen LogP contribution is 2.25. The number of aryl methyl sites for hydroxylation is 1. The molecule has 0 radical (unpaired) electrons. The summed E-state index contributed by atoms with van der Waals surface area (Å²) in [4.78, 5) is 38.2. The van der Waals surface area contributed by atoms with Crippen LogP contribution in [0.25, 0.3) is 0 Å². The Balaban J connectivity index is 2.20. The first-order chi connectivity index (χ1) is 13.7. The molecule has 9 heteroatoms. The lowest BCUT2D eigenvalue weighted by molar-refractivity contribution is -0.143. The van der Waals surface area contributed by atoms with Crippen LogP contribution in [0.3, 0.4) is 0 Å². The smallest absolute Gasteiger partial charge is 0.410 e. The van der Waals surface area contributed by atoms with Crippen molar-refractivity contribution in [3.05, 3.63) is 17.0 Å². The molecule has 0 fully saturated rings. The maximum atomic E-state index is 12.6. The fraction of sp³-hybridized carbons (Fsp3) is 0.700. The van der Waals surface area contributed by atoms with Gasteiger partial charge in [-0.15, -0.1) is 0 Å². The molecule has 162 valence electrons. The van der Waals surface area contributed by atoms with Gasteiger partial charge in [0.25, 0.3) is 0 Å². The number of esters is 2. The molecule has 1 aromatic rings. The molecule has 0 atom stereocenters. The number of hydrogen-bond acceptors (Lipinski definition) is 7.